The van der Waals surface area contributed by atoms with E-state index >= 15 is 0 Å². The van der Waals surface area contributed by atoms with Crippen molar-refractivity contribution < 1.29 is 14.7 Å². The van der Waals surface area contributed by atoms with Crippen molar-refractivity contribution in [1.29, 1.82) is 0 Å². The lowest BCUT2D eigenvalue weighted by Gasteiger charge is -2.19. The van der Waals surface area contributed by atoms with E-state index in [9.17, 15) is 9.59 Å². The van der Waals surface area contributed by atoms with Gasteiger partial charge in [0, 0.05) is 12.2 Å². The molecular weight excluding hydrogens is 234 g/mol. The summed E-state index contributed by atoms with van der Waals surface area (Å²) in [6.07, 6.45) is 1.50. The van der Waals surface area contributed by atoms with E-state index in [-0.39, 0.29) is 25.5 Å². The van der Waals surface area contributed by atoms with Gasteiger partial charge in [-0.2, -0.15) is 5.10 Å². The number of nitrogens with zero attached hydrogens (tertiary/aromatic N) is 3. The van der Waals surface area contributed by atoms with Crippen LogP contribution in [-0.2, 0) is 16.1 Å². The summed E-state index contributed by atoms with van der Waals surface area (Å²) in [6.45, 7) is 7.13. The van der Waals surface area contributed by atoms with Crippen molar-refractivity contribution in [3.05, 3.63) is 30.1 Å². The number of carboxylic acids is 1. The molecule has 0 saturated heterocycles. The molecule has 0 saturated carbocycles. The first kappa shape index (κ1) is 14.0. The molecule has 0 aromatic carbocycles. The summed E-state index contributed by atoms with van der Waals surface area (Å²) in [5, 5.41) is 12.9. The van der Waals surface area contributed by atoms with Crippen LogP contribution in [0.25, 0.3) is 0 Å². The van der Waals surface area contributed by atoms with Crippen molar-refractivity contribution in [2.24, 2.45) is 0 Å². The lowest BCUT2D eigenvalue weighted by atomic mass is 10.4. The first-order chi connectivity index (χ1) is 8.43. The molecule has 6 heteroatoms. The third kappa shape index (κ3) is 3.73. The van der Waals surface area contributed by atoms with Gasteiger partial charge >= 0.3 is 5.97 Å². The Hall–Kier alpha value is -2.11. The molecule has 0 bridgehead atoms. The lowest BCUT2D eigenvalue weighted by molar-refractivity contribution is -0.144. The van der Waals surface area contributed by atoms with Crippen molar-refractivity contribution in [2.75, 3.05) is 13.1 Å². The predicted octanol–water partition coefficient (Wildman–Crippen LogP) is 0.599. The minimum Gasteiger partial charge on any atom is -0.480 e. The average Bonchev–Trinajstić information content (AvgIpc) is 2.56. The van der Waals surface area contributed by atoms with E-state index in [0.717, 1.165) is 11.4 Å². The second-order valence-corrected chi connectivity index (χ2v) is 4.04. The second kappa shape index (κ2) is 6.00. The van der Waals surface area contributed by atoms with Gasteiger partial charge in [-0.1, -0.05) is 6.08 Å². The molecule has 1 aromatic heterocycles. The lowest BCUT2D eigenvalue weighted by Crippen LogP contribution is -2.38. The van der Waals surface area contributed by atoms with E-state index in [1.54, 1.807) is 4.68 Å². The number of aliphatic carboxylic acids is 1. The number of rotatable bonds is 6. The van der Waals surface area contributed by atoms with Crippen molar-refractivity contribution in [3.8, 4) is 0 Å². The maximum Gasteiger partial charge on any atom is 0.323 e. The maximum absolute atomic E-state index is 12.0. The Labute approximate surface area is 106 Å². The van der Waals surface area contributed by atoms with E-state index in [1.165, 1.54) is 11.0 Å². The van der Waals surface area contributed by atoms with Crippen molar-refractivity contribution >= 4 is 11.9 Å². The summed E-state index contributed by atoms with van der Waals surface area (Å²) < 4.78 is 1.57. The molecule has 1 heterocycles. The summed E-state index contributed by atoms with van der Waals surface area (Å²) in [6, 6.07) is 1.86. The van der Waals surface area contributed by atoms with Gasteiger partial charge < -0.3 is 10.0 Å². The van der Waals surface area contributed by atoms with Gasteiger partial charge in [-0.3, -0.25) is 14.3 Å². The van der Waals surface area contributed by atoms with Crippen LogP contribution in [0.15, 0.2) is 18.7 Å². The molecule has 0 radical (unpaired) electrons. The Morgan fingerprint density at radius 1 is 1.56 bits per heavy atom. The molecule has 0 aliphatic carbocycles. The van der Waals surface area contributed by atoms with Crippen LogP contribution in [0.2, 0.25) is 0 Å². The largest absolute Gasteiger partial charge is 0.480 e. The van der Waals surface area contributed by atoms with Crippen molar-refractivity contribution in [3.63, 3.8) is 0 Å². The third-order valence-corrected chi connectivity index (χ3v) is 2.42. The Bertz CT molecular complexity index is 465. The molecule has 6 nitrogen and oxygen atoms in total. The molecule has 18 heavy (non-hydrogen) atoms. The fraction of sp³-hybridized carbons (Fsp3) is 0.417. The number of carbonyl (C=O) groups excluding carboxylic acids is 1. The Balaban J connectivity index is 2.74. The smallest absolute Gasteiger partial charge is 0.323 e. The normalized spacial score (nSPS) is 10.1. The summed E-state index contributed by atoms with van der Waals surface area (Å²) in [5.41, 5.74) is 1.70. The van der Waals surface area contributed by atoms with Gasteiger partial charge in [-0.05, 0) is 19.9 Å². The van der Waals surface area contributed by atoms with Crippen LogP contribution in [-0.4, -0.2) is 44.8 Å². The molecule has 1 amide bonds. The highest BCUT2D eigenvalue weighted by molar-refractivity contribution is 5.81. The zero-order valence-corrected chi connectivity index (χ0v) is 10.6. The molecule has 0 fully saturated rings. The van der Waals surface area contributed by atoms with E-state index in [4.69, 9.17) is 5.11 Å². The van der Waals surface area contributed by atoms with Crippen LogP contribution in [0, 0.1) is 13.8 Å². The van der Waals surface area contributed by atoms with E-state index in [2.05, 4.69) is 11.7 Å². The second-order valence-electron chi connectivity index (χ2n) is 4.04. The van der Waals surface area contributed by atoms with Crippen LogP contribution >= 0.6 is 0 Å². The zero-order chi connectivity index (χ0) is 13.7. The first-order valence-corrected chi connectivity index (χ1v) is 5.55. The average molecular weight is 251 g/mol. The van der Waals surface area contributed by atoms with E-state index in [1.807, 2.05) is 19.9 Å². The topological polar surface area (TPSA) is 75.4 Å². The standard InChI is InChI=1S/C12H17N3O3/c1-4-5-14(8-12(17)18)11(16)7-15-10(3)6-9(2)13-15/h4,6H,1,5,7-8H2,2-3H3,(H,17,18). The highest BCUT2D eigenvalue weighted by Gasteiger charge is 2.16. The summed E-state index contributed by atoms with van der Waals surface area (Å²) in [4.78, 5) is 23.8. The molecule has 1 aromatic rings. The van der Waals surface area contributed by atoms with Gasteiger partial charge in [-0.15, -0.1) is 6.58 Å². The number of carboxylic acid groups (broad SMARTS) is 1. The van der Waals surface area contributed by atoms with Gasteiger partial charge in [0.25, 0.3) is 0 Å². The number of hydrogen-bond donors (Lipinski definition) is 1. The van der Waals surface area contributed by atoms with Crippen LogP contribution in [0.1, 0.15) is 11.4 Å². The van der Waals surface area contributed by atoms with Crippen LogP contribution < -0.4 is 0 Å². The molecule has 0 atom stereocenters. The number of aryl methyl sites for hydroxylation is 2. The van der Waals surface area contributed by atoms with E-state index < -0.39 is 5.97 Å². The van der Waals surface area contributed by atoms with Crippen LogP contribution in [0.4, 0.5) is 0 Å². The molecule has 1 rings (SSSR count). The number of carbonyl (C=O) groups is 2. The summed E-state index contributed by atoms with van der Waals surface area (Å²) >= 11 is 0. The Morgan fingerprint density at radius 2 is 2.22 bits per heavy atom. The molecule has 1 N–H and O–H groups in total. The number of aromatic nitrogens is 2. The third-order valence-electron chi connectivity index (χ3n) is 2.42. The number of amides is 1. The fourth-order valence-electron chi connectivity index (χ4n) is 1.64. The number of hydrogen-bond acceptors (Lipinski definition) is 3. The maximum atomic E-state index is 12.0. The highest BCUT2D eigenvalue weighted by Crippen LogP contribution is 2.03. The zero-order valence-electron chi connectivity index (χ0n) is 10.6. The SMILES string of the molecule is C=CCN(CC(=O)O)C(=O)Cn1nc(C)cc1C. The summed E-state index contributed by atoms with van der Waals surface area (Å²) in [7, 11) is 0. The molecule has 0 aliphatic heterocycles. The summed E-state index contributed by atoms with van der Waals surface area (Å²) in [5.74, 6) is -1.33. The Morgan fingerprint density at radius 3 is 2.67 bits per heavy atom. The molecule has 98 valence electrons. The predicted molar refractivity (Wildman–Crippen MR) is 66.1 cm³/mol. The highest BCUT2D eigenvalue weighted by atomic mass is 16.4. The minimum atomic E-state index is -1.04. The quantitative estimate of drug-likeness (QED) is 0.751. The van der Waals surface area contributed by atoms with Gasteiger partial charge in [-0.25, -0.2) is 0 Å². The van der Waals surface area contributed by atoms with Gasteiger partial charge in [0.15, 0.2) is 0 Å². The fourth-order valence-corrected chi connectivity index (χ4v) is 1.64. The Kier molecular flexibility index (Phi) is 4.65. The molecule has 0 aliphatic rings. The van der Waals surface area contributed by atoms with Gasteiger partial charge in [0.1, 0.15) is 13.1 Å². The molecular formula is C12H17N3O3. The first-order valence-electron chi connectivity index (χ1n) is 5.55. The van der Waals surface area contributed by atoms with Crippen LogP contribution in [0.5, 0.6) is 0 Å². The molecule has 0 spiro atoms. The van der Waals surface area contributed by atoms with Crippen LogP contribution in [0.3, 0.4) is 0 Å². The van der Waals surface area contributed by atoms with Gasteiger partial charge in [0.2, 0.25) is 5.91 Å². The van der Waals surface area contributed by atoms with Crippen molar-refractivity contribution in [1.82, 2.24) is 14.7 Å². The molecule has 0 unspecified atom stereocenters. The monoisotopic (exact) mass is 251 g/mol. The minimum absolute atomic E-state index is 0.0425. The van der Waals surface area contributed by atoms with Gasteiger partial charge in [0.05, 0.1) is 5.69 Å². The van der Waals surface area contributed by atoms with E-state index in [0.29, 0.717) is 0 Å². The van der Waals surface area contributed by atoms with Crippen molar-refractivity contribution in [2.45, 2.75) is 20.4 Å².